The summed E-state index contributed by atoms with van der Waals surface area (Å²) in [5.74, 6) is 0. The van der Waals surface area contributed by atoms with Crippen molar-refractivity contribution < 1.29 is 5.11 Å². The molecule has 0 radical (unpaired) electrons. The standard InChI is InChI=1S/C12H23NO/c1-10(2)13-9-12(3,14)11-7-5-4-6-8-11/h7,10,13-14H,4-6,8-9H2,1-3H3. The smallest absolute Gasteiger partial charge is 0.0952 e. The maximum Gasteiger partial charge on any atom is 0.0952 e. The van der Waals surface area contributed by atoms with Gasteiger partial charge in [0.15, 0.2) is 0 Å². The monoisotopic (exact) mass is 197 g/mol. The summed E-state index contributed by atoms with van der Waals surface area (Å²) < 4.78 is 0. The van der Waals surface area contributed by atoms with E-state index in [1.807, 2.05) is 6.92 Å². The van der Waals surface area contributed by atoms with Crippen molar-refractivity contribution in [2.75, 3.05) is 6.54 Å². The first-order valence-corrected chi connectivity index (χ1v) is 5.67. The zero-order chi connectivity index (χ0) is 10.6. The van der Waals surface area contributed by atoms with E-state index in [0.717, 1.165) is 12.8 Å². The summed E-state index contributed by atoms with van der Waals surface area (Å²) in [5.41, 5.74) is 0.571. The summed E-state index contributed by atoms with van der Waals surface area (Å²) in [4.78, 5) is 0. The van der Waals surface area contributed by atoms with Gasteiger partial charge in [-0.2, -0.15) is 0 Å². The molecule has 0 saturated carbocycles. The Balaban J connectivity index is 2.50. The van der Waals surface area contributed by atoms with Gasteiger partial charge >= 0.3 is 0 Å². The Kier molecular flexibility index (Phi) is 4.14. The van der Waals surface area contributed by atoms with Gasteiger partial charge < -0.3 is 10.4 Å². The van der Waals surface area contributed by atoms with Gasteiger partial charge in [-0.3, -0.25) is 0 Å². The van der Waals surface area contributed by atoms with Crippen molar-refractivity contribution in [3.8, 4) is 0 Å². The molecule has 0 heterocycles. The van der Waals surface area contributed by atoms with Gasteiger partial charge in [-0.25, -0.2) is 0 Å². The number of rotatable bonds is 4. The van der Waals surface area contributed by atoms with Crippen LogP contribution in [-0.2, 0) is 0 Å². The molecule has 2 N–H and O–H groups in total. The fourth-order valence-electron chi connectivity index (χ4n) is 1.84. The zero-order valence-corrected chi connectivity index (χ0v) is 9.64. The van der Waals surface area contributed by atoms with Crippen molar-refractivity contribution in [2.45, 2.75) is 58.1 Å². The minimum absolute atomic E-state index is 0.436. The van der Waals surface area contributed by atoms with Crippen molar-refractivity contribution in [3.05, 3.63) is 11.6 Å². The third kappa shape index (κ3) is 3.43. The molecular weight excluding hydrogens is 174 g/mol. The molecule has 0 aromatic rings. The number of nitrogens with one attached hydrogen (secondary N) is 1. The lowest BCUT2D eigenvalue weighted by atomic mass is 9.86. The molecule has 0 bridgehead atoms. The van der Waals surface area contributed by atoms with Crippen LogP contribution in [0.3, 0.4) is 0 Å². The Hall–Kier alpha value is -0.340. The first-order chi connectivity index (χ1) is 6.52. The van der Waals surface area contributed by atoms with E-state index in [1.54, 1.807) is 0 Å². The number of hydrogen-bond acceptors (Lipinski definition) is 2. The van der Waals surface area contributed by atoms with Crippen molar-refractivity contribution in [1.29, 1.82) is 0 Å². The van der Waals surface area contributed by atoms with Gasteiger partial charge in [-0.15, -0.1) is 0 Å². The lowest BCUT2D eigenvalue weighted by molar-refractivity contribution is 0.0896. The summed E-state index contributed by atoms with van der Waals surface area (Å²) in [6.45, 7) is 6.78. The Bertz CT molecular complexity index is 206. The van der Waals surface area contributed by atoms with Crippen LogP contribution in [0.4, 0.5) is 0 Å². The maximum atomic E-state index is 10.3. The molecule has 1 unspecified atom stereocenters. The molecule has 2 heteroatoms. The predicted molar refractivity (Wildman–Crippen MR) is 60.3 cm³/mol. The van der Waals surface area contributed by atoms with Gasteiger partial charge in [0.25, 0.3) is 0 Å². The normalized spacial score (nSPS) is 21.9. The minimum Gasteiger partial charge on any atom is -0.384 e. The van der Waals surface area contributed by atoms with Gasteiger partial charge in [0.05, 0.1) is 5.60 Å². The molecule has 0 amide bonds. The van der Waals surface area contributed by atoms with Gasteiger partial charge in [0.2, 0.25) is 0 Å². The highest BCUT2D eigenvalue weighted by Gasteiger charge is 2.26. The molecule has 0 aromatic carbocycles. The fraction of sp³-hybridized carbons (Fsp3) is 0.833. The third-order valence-corrected chi connectivity index (χ3v) is 2.84. The molecule has 0 aromatic heterocycles. The maximum absolute atomic E-state index is 10.3. The Labute approximate surface area is 87.4 Å². The van der Waals surface area contributed by atoms with E-state index >= 15 is 0 Å². The molecule has 2 nitrogen and oxygen atoms in total. The Morgan fingerprint density at radius 2 is 2.21 bits per heavy atom. The van der Waals surface area contributed by atoms with Crippen molar-refractivity contribution in [3.63, 3.8) is 0 Å². The van der Waals surface area contributed by atoms with Gasteiger partial charge in [-0.05, 0) is 38.2 Å². The first-order valence-electron chi connectivity index (χ1n) is 5.67. The number of aliphatic hydroxyl groups is 1. The highest BCUT2D eigenvalue weighted by molar-refractivity contribution is 5.17. The van der Waals surface area contributed by atoms with Crippen LogP contribution in [0.2, 0.25) is 0 Å². The molecule has 82 valence electrons. The number of hydrogen-bond donors (Lipinski definition) is 2. The second kappa shape index (κ2) is 4.94. The first kappa shape index (κ1) is 11.7. The van der Waals surface area contributed by atoms with E-state index < -0.39 is 5.60 Å². The lowest BCUT2D eigenvalue weighted by Crippen LogP contribution is -2.42. The quantitative estimate of drug-likeness (QED) is 0.677. The highest BCUT2D eigenvalue weighted by Crippen LogP contribution is 2.26. The van der Waals surface area contributed by atoms with Crippen molar-refractivity contribution >= 4 is 0 Å². The van der Waals surface area contributed by atoms with E-state index in [0.29, 0.717) is 12.6 Å². The molecule has 1 aliphatic rings. The summed E-state index contributed by atoms with van der Waals surface area (Å²) in [5, 5.41) is 13.5. The van der Waals surface area contributed by atoms with E-state index in [1.165, 1.54) is 18.4 Å². The summed E-state index contributed by atoms with van der Waals surface area (Å²) in [6, 6.07) is 0.436. The van der Waals surface area contributed by atoms with Crippen LogP contribution in [0.1, 0.15) is 46.5 Å². The molecule has 0 aliphatic heterocycles. The molecular formula is C12H23NO. The average Bonchev–Trinajstić information content (AvgIpc) is 2.16. The van der Waals surface area contributed by atoms with E-state index in [2.05, 4.69) is 25.2 Å². The number of allylic oxidation sites excluding steroid dienone is 1. The van der Waals surface area contributed by atoms with E-state index in [-0.39, 0.29) is 0 Å². The van der Waals surface area contributed by atoms with E-state index in [4.69, 9.17) is 0 Å². The Morgan fingerprint density at radius 1 is 1.50 bits per heavy atom. The van der Waals surface area contributed by atoms with Gasteiger partial charge in [0.1, 0.15) is 0 Å². The van der Waals surface area contributed by atoms with Crippen molar-refractivity contribution in [2.24, 2.45) is 0 Å². The largest absolute Gasteiger partial charge is 0.384 e. The van der Waals surface area contributed by atoms with Crippen LogP contribution in [0.5, 0.6) is 0 Å². The van der Waals surface area contributed by atoms with Crippen LogP contribution in [-0.4, -0.2) is 23.3 Å². The molecule has 1 atom stereocenters. The van der Waals surface area contributed by atoms with Crippen LogP contribution < -0.4 is 5.32 Å². The fourth-order valence-corrected chi connectivity index (χ4v) is 1.84. The molecule has 0 saturated heterocycles. The molecule has 1 rings (SSSR count). The molecule has 14 heavy (non-hydrogen) atoms. The highest BCUT2D eigenvalue weighted by atomic mass is 16.3. The molecule has 1 aliphatic carbocycles. The summed E-state index contributed by atoms with van der Waals surface area (Å²) in [7, 11) is 0. The van der Waals surface area contributed by atoms with Gasteiger partial charge in [-0.1, -0.05) is 19.9 Å². The molecule has 0 spiro atoms. The molecule has 0 fully saturated rings. The van der Waals surface area contributed by atoms with Crippen LogP contribution in [0, 0.1) is 0 Å². The SMILES string of the molecule is CC(C)NCC(C)(O)C1=CCCCC1. The topological polar surface area (TPSA) is 32.3 Å². The zero-order valence-electron chi connectivity index (χ0n) is 9.64. The van der Waals surface area contributed by atoms with Gasteiger partial charge in [0, 0.05) is 12.6 Å². The van der Waals surface area contributed by atoms with Crippen LogP contribution in [0.15, 0.2) is 11.6 Å². The van der Waals surface area contributed by atoms with Crippen LogP contribution >= 0.6 is 0 Å². The minimum atomic E-state index is -0.648. The second-order valence-corrected chi connectivity index (χ2v) is 4.78. The van der Waals surface area contributed by atoms with Crippen LogP contribution in [0.25, 0.3) is 0 Å². The average molecular weight is 197 g/mol. The van der Waals surface area contributed by atoms with Crippen molar-refractivity contribution in [1.82, 2.24) is 5.32 Å². The summed E-state index contributed by atoms with van der Waals surface area (Å²) in [6.07, 6.45) is 6.91. The lowest BCUT2D eigenvalue weighted by Gasteiger charge is -2.30. The third-order valence-electron chi connectivity index (χ3n) is 2.84. The summed E-state index contributed by atoms with van der Waals surface area (Å²) >= 11 is 0. The predicted octanol–water partition coefficient (Wildman–Crippen LogP) is 2.24. The Morgan fingerprint density at radius 3 is 2.71 bits per heavy atom. The van der Waals surface area contributed by atoms with E-state index in [9.17, 15) is 5.11 Å². The second-order valence-electron chi connectivity index (χ2n) is 4.78.